The van der Waals surface area contributed by atoms with Crippen LogP contribution in [-0.2, 0) is 9.46 Å². The molecule has 0 amide bonds. The van der Waals surface area contributed by atoms with Crippen LogP contribution in [-0.4, -0.2) is 58.8 Å². The van der Waals surface area contributed by atoms with Gasteiger partial charge in [-0.15, -0.1) is 0 Å². The van der Waals surface area contributed by atoms with Gasteiger partial charge in [-0.1, -0.05) is 0 Å². The van der Waals surface area contributed by atoms with Crippen molar-refractivity contribution in [3.63, 3.8) is 0 Å². The summed E-state index contributed by atoms with van der Waals surface area (Å²) < 4.78 is 23.7. The summed E-state index contributed by atoms with van der Waals surface area (Å²) in [5.74, 6) is 0. The second-order valence-electron chi connectivity index (χ2n) is 4.08. The summed E-state index contributed by atoms with van der Waals surface area (Å²) in [7, 11) is -3.08. The van der Waals surface area contributed by atoms with Gasteiger partial charge in [-0.3, -0.25) is 0 Å². The molecule has 3 rings (SSSR count). The topological polar surface area (TPSA) is 73.5 Å². The van der Waals surface area contributed by atoms with Crippen LogP contribution in [0.25, 0.3) is 0 Å². The van der Waals surface area contributed by atoms with Gasteiger partial charge in [0.15, 0.2) is 0 Å². The summed E-state index contributed by atoms with van der Waals surface area (Å²) in [5, 5.41) is 9.58. The minimum atomic E-state index is -3.08. The first-order valence-corrected chi connectivity index (χ1v) is 9.82. The van der Waals surface area contributed by atoms with Crippen LogP contribution < -0.4 is 15.3 Å². The van der Waals surface area contributed by atoms with Crippen LogP contribution in [0.4, 0.5) is 0 Å². The zero-order valence-electron chi connectivity index (χ0n) is 8.91. The molecule has 90 valence electrons. The summed E-state index contributed by atoms with van der Waals surface area (Å²) in [6.07, 6.45) is 1.31. The van der Waals surface area contributed by atoms with E-state index in [2.05, 4.69) is 20.2 Å². The number of nitrogens with zero attached hydrogens (tertiary/aromatic N) is 1. The zero-order valence-corrected chi connectivity index (χ0v) is 10.7. The van der Waals surface area contributed by atoms with E-state index in [-0.39, 0.29) is 0 Å². The first-order valence-electron chi connectivity index (χ1n) is 5.21. The molecule has 2 bridgehead atoms. The molecule has 3 saturated heterocycles. The number of nitrogens with one attached hydrogen (secondary N) is 3. The van der Waals surface area contributed by atoms with Crippen LogP contribution in [0, 0.1) is 0 Å². The van der Waals surface area contributed by atoms with Crippen LogP contribution in [0.5, 0.6) is 0 Å². The van der Waals surface area contributed by atoms with E-state index >= 15 is 0 Å². The second kappa shape index (κ2) is 4.24. The van der Waals surface area contributed by atoms with Crippen LogP contribution in [0.3, 0.4) is 0 Å². The fourth-order valence-corrected chi connectivity index (χ4v) is 7.92. The van der Waals surface area contributed by atoms with Crippen molar-refractivity contribution in [2.45, 2.75) is 0 Å². The van der Waals surface area contributed by atoms with Gasteiger partial charge < -0.3 is 0 Å². The third-order valence-corrected chi connectivity index (χ3v) is 11.0. The van der Waals surface area contributed by atoms with Gasteiger partial charge in [0.05, 0.1) is 0 Å². The normalized spacial score (nSPS) is 33.8. The van der Waals surface area contributed by atoms with E-state index in [1.54, 1.807) is 0 Å². The summed E-state index contributed by atoms with van der Waals surface area (Å²) in [5.41, 5.74) is 0. The van der Waals surface area contributed by atoms with Gasteiger partial charge in [-0.05, 0) is 0 Å². The molecule has 0 aromatic carbocycles. The molecular weight excluding hydrogens is 235 g/mol. The molecule has 3 heterocycles. The molecule has 6 nitrogen and oxygen atoms in total. The predicted molar refractivity (Wildman–Crippen MR) is 63.6 cm³/mol. The van der Waals surface area contributed by atoms with Gasteiger partial charge in [0.2, 0.25) is 0 Å². The van der Waals surface area contributed by atoms with Crippen molar-refractivity contribution in [1.29, 1.82) is 0 Å². The van der Waals surface area contributed by atoms with E-state index < -0.39 is 16.4 Å². The maximum atomic E-state index is 11.8. The van der Waals surface area contributed by atoms with Crippen molar-refractivity contribution in [3.8, 4) is 0 Å². The van der Waals surface area contributed by atoms with E-state index in [4.69, 9.17) is 0 Å². The van der Waals surface area contributed by atoms with Crippen molar-refractivity contribution < 1.29 is 8.42 Å². The molecule has 0 aliphatic carbocycles. The third-order valence-electron chi connectivity index (χ3n) is 2.96. The fraction of sp³-hybridized carbons (Fsp3) is 1.00. The van der Waals surface area contributed by atoms with Gasteiger partial charge >= 0.3 is 90.5 Å². The van der Waals surface area contributed by atoms with Gasteiger partial charge in [0, 0.05) is 0 Å². The van der Waals surface area contributed by atoms with Crippen LogP contribution in [0.1, 0.15) is 0 Å². The molecular formula is C7H19N4O2PS. The molecule has 0 aromatic heterocycles. The number of hydrogen-bond acceptors (Lipinski definition) is 6. The van der Waals surface area contributed by atoms with Gasteiger partial charge in [0.25, 0.3) is 0 Å². The number of fused-ring (bicyclic) bond motifs is 6. The minimum absolute atomic E-state index is 0.735. The Hall–Kier alpha value is 0.220. The summed E-state index contributed by atoms with van der Waals surface area (Å²) in [6, 6.07) is 0. The molecule has 0 aromatic rings. The molecule has 0 saturated carbocycles. The van der Waals surface area contributed by atoms with Crippen LogP contribution >= 0.6 is 6.92 Å². The molecule has 3 fully saturated rings. The average molecular weight is 254 g/mol. The van der Waals surface area contributed by atoms with Gasteiger partial charge in [0.1, 0.15) is 0 Å². The first-order chi connectivity index (χ1) is 7.04. The van der Waals surface area contributed by atoms with Crippen molar-refractivity contribution in [3.05, 3.63) is 0 Å². The summed E-state index contributed by atoms with van der Waals surface area (Å²) >= 11 is 0. The molecule has 3 aliphatic heterocycles. The number of hydrogen-bond donors (Lipinski definition) is 3. The molecule has 3 N–H and O–H groups in total. The van der Waals surface area contributed by atoms with E-state index in [1.165, 1.54) is 6.26 Å². The molecule has 0 spiro atoms. The molecule has 8 heteroatoms. The molecule has 0 radical (unpaired) electrons. The Kier molecular flexibility index (Phi) is 3.30. The van der Waals surface area contributed by atoms with Crippen LogP contribution in [0.15, 0.2) is 0 Å². The van der Waals surface area contributed by atoms with Crippen LogP contribution in [0.2, 0.25) is 0 Å². The Bertz CT molecular complexity index is 307. The molecule has 3 aliphatic rings. The Morgan fingerprint density at radius 2 is 1.40 bits per heavy atom. The molecule has 0 atom stereocenters. The Balaban J connectivity index is 2.27. The average Bonchev–Trinajstić information content (AvgIpc) is 1.96. The number of rotatable bonds is 1. The quantitative estimate of drug-likeness (QED) is 0.497. The Morgan fingerprint density at radius 1 is 1.00 bits per heavy atom. The molecule has 15 heavy (non-hydrogen) atoms. The summed E-state index contributed by atoms with van der Waals surface area (Å²) in [4.78, 5) is 2.33. The van der Waals surface area contributed by atoms with E-state index in [1.807, 2.05) is 0 Å². The van der Waals surface area contributed by atoms with Crippen molar-refractivity contribution in [2.24, 2.45) is 0 Å². The standard InChI is InChI=1S/C7H19N4O2PS/c1-15(12,13)14-8-2-5-11(6-3-9-14)7-4-10-14/h8-10,14H,2-7H2,1H3. The van der Waals surface area contributed by atoms with Gasteiger partial charge in [-0.25, -0.2) is 0 Å². The maximum absolute atomic E-state index is 11.8. The van der Waals surface area contributed by atoms with E-state index in [0.29, 0.717) is 0 Å². The van der Waals surface area contributed by atoms with E-state index in [0.717, 1.165) is 39.3 Å². The third kappa shape index (κ3) is 2.33. The predicted octanol–water partition coefficient (Wildman–Crippen LogP) is -1.46. The van der Waals surface area contributed by atoms with Crippen molar-refractivity contribution in [2.75, 3.05) is 45.5 Å². The SMILES string of the molecule is CS(=O)(=O)[PH]12NCCN(CCN1)CCN2. The fourth-order valence-electron chi connectivity index (χ4n) is 2.09. The Morgan fingerprint density at radius 3 is 1.73 bits per heavy atom. The van der Waals surface area contributed by atoms with Crippen molar-refractivity contribution >= 4 is 16.4 Å². The molecule has 0 unspecified atom stereocenters. The zero-order chi connectivity index (χ0) is 10.9. The second-order valence-corrected chi connectivity index (χ2v) is 12.1. The Labute approximate surface area is 91.0 Å². The summed E-state index contributed by atoms with van der Waals surface area (Å²) in [6.45, 7) is 2.29. The van der Waals surface area contributed by atoms with Gasteiger partial charge in [-0.2, -0.15) is 0 Å². The monoisotopic (exact) mass is 254 g/mol. The first kappa shape index (κ1) is 11.7. The van der Waals surface area contributed by atoms with Crippen molar-refractivity contribution in [1.82, 2.24) is 20.2 Å². The van der Waals surface area contributed by atoms with E-state index in [9.17, 15) is 8.42 Å².